The standard InChI is InChI=1S/C18H32N4O3/c1-12(2)15-9-21(11-17(24)19-4)10-16(15)20-18(25)14-5-7-22(8-6-14)13(3)23/h12,14-16H,5-11H2,1-4H3,(H,19,24)(H,20,25)/t15-,16+/m1/s1. The molecule has 2 rings (SSSR count). The molecule has 142 valence electrons. The Morgan fingerprint density at radius 2 is 1.76 bits per heavy atom. The Labute approximate surface area is 150 Å². The van der Waals surface area contributed by atoms with Gasteiger partial charge in [-0.2, -0.15) is 0 Å². The van der Waals surface area contributed by atoms with Crippen LogP contribution in [0.15, 0.2) is 0 Å². The summed E-state index contributed by atoms with van der Waals surface area (Å²) in [6.45, 7) is 9.16. The number of hydrogen-bond donors (Lipinski definition) is 2. The van der Waals surface area contributed by atoms with E-state index in [9.17, 15) is 14.4 Å². The van der Waals surface area contributed by atoms with E-state index in [0.717, 1.165) is 19.4 Å². The summed E-state index contributed by atoms with van der Waals surface area (Å²) < 4.78 is 0. The lowest BCUT2D eigenvalue weighted by Crippen LogP contribution is -2.48. The van der Waals surface area contributed by atoms with E-state index in [1.807, 2.05) is 0 Å². The van der Waals surface area contributed by atoms with E-state index in [-0.39, 0.29) is 29.7 Å². The zero-order valence-corrected chi connectivity index (χ0v) is 15.9. The number of likely N-dealkylation sites (tertiary alicyclic amines) is 2. The molecule has 2 saturated heterocycles. The number of rotatable bonds is 5. The molecular formula is C18H32N4O3. The first-order valence-corrected chi connectivity index (χ1v) is 9.30. The Kier molecular flexibility index (Phi) is 6.81. The van der Waals surface area contributed by atoms with Gasteiger partial charge in [-0.1, -0.05) is 13.8 Å². The molecule has 25 heavy (non-hydrogen) atoms. The minimum Gasteiger partial charge on any atom is -0.358 e. The molecule has 0 saturated carbocycles. The number of hydrogen-bond acceptors (Lipinski definition) is 4. The van der Waals surface area contributed by atoms with Gasteiger partial charge in [-0.25, -0.2) is 0 Å². The van der Waals surface area contributed by atoms with E-state index in [4.69, 9.17) is 0 Å². The summed E-state index contributed by atoms with van der Waals surface area (Å²) >= 11 is 0. The highest BCUT2D eigenvalue weighted by molar-refractivity contribution is 5.80. The van der Waals surface area contributed by atoms with Gasteiger partial charge < -0.3 is 15.5 Å². The van der Waals surface area contributed by atoms with Crippen LogP contribution in [0.2, 0.25) is 0 Å². The van der Waals surface area contributed by atoms with Crippen molar-refractivity contribution in [3.8, 4) is 0 Å². The molecule has 0 aromatic heterocycles. The van der Waals surface area contributed by atoms with Crippen LogP contribution in [0.3, 0.4) is 0 Å². The van der Waals surface area contributed by atoms with Gasteiger partial charge in [-0.15, -0.1) is 0 Å². The summed E-state index contributed by atoms with van der Waals surface area (Å²) in [5, 5.41) is 5.89. The van der Waals surface area contributed by atoms with Gasteiger partial charge in [0.1, 0.15) is 0 Å². The van der Waals surface area contributed by atoms with E-state index < -0.39 is 0 Å². The van der Waals surface area contributed by atoms with Crippen molar-refractivity contribution in [3.05, 3.63) is 0 Å². The van der Waals surface area contributed by atoms with Gasteiger partial charge >= 0.3 is 0 Å². The molecule has 2 aliphatic rings. The summed E-state index contributed by atoms with van der Waals surface area (Å²) in [5.41, 5.74) is 0. The normalized spacial score (nSPS) is 25.2. The molecule has 7 heteroatoms. The van der Waals surface area contributed by atoms with Gasteiger partial charge in [-0.05, 0) is 24.7 Å². The molecule has 0 aromatic rings. The topological polar surface area (TPSA) is 81.8 Å². The van der Waals surface area contributed by atoms with Crippen molar-refractivity contribution >= 4 is 17.7 Å². The van der Waals surface area contributed by atoms with Crippen LogP contribution >= 0.6 is 0 Å². The molecule has 0 spiro atoms. The predicted octanol–water partition coefficient (Wildman–Crippen LogP) is 0.0635. The Hall–Kier alpha value is -1.63. The van der Waals surface area contributed by atoms with Crippen LogP contribution in [0.1, 0.15) is 33.6 Å². The number of carbonyl (C=O) groups is 3. The number of amides is 3. The first kappa shape index (κ1) is 19.7. The van der Waals surface area contributed by atoms with Crippen molar-refractivity contribution in [3.63, 3.8) is 0 Å². The second-order valence-corrected chi connectivity index (χ2v) is 7.67. The van der Waals surface area contributed by atoms with Gasteiger partial charge in [0.2, 0.25) is 17.7 Å². The van der Waals surface area contributed by atoms with Gasteiger partial charge in [-0.3, -0.25) is 19.3 Å². The Morgan fingerprint density at radius 1 is 1.12 bits per heavy atom. The Bertz CT molecular complexity index is 501. The largest absolute Gasteiger partial charge is 0.358 e. The molecule has 3 amide bonds. The third-order valence-corrected chi connectivity index (χ3v) is 5.58. The fraction of sp³-hybridized carbons (Fsp3) is 0.833. The van der Waals surface area contributed by atoms with Crippen LogP contribution in [-0.4, -0.2) is 73.3 Å². The lowest BCUT2D eigenvalue weighted by Gasteiger charge is -2.32. The molecule has 2 aliphatic heterocycles. The highest BCUT2D eigenvalue weighted by Gasteiger charge is 2.37. The van der Waals surface area contributed by atoms with Crippen molar-refractivity contribution < 1.29 is 14.4 Å². The maximum Gasteiger partial charge on any atom is 0.233 e. The quantitative estimate of drug-likeness (QED) is 0.733. The second-order valence-electron chi connectivity index (χ2n) is 7.67. The number of piperidine rings is 1. The third kappa shape index (κ3) is 5.17. The van der Waals surface area contributed by atoms with E-state index >= 15 is 0 Å². The first-order valence-electron chi connectivity index (χ1n) is 9.30. The van der Waals surface area contributed by atoms with Crippen molar-refractivity contribution in [1.29, 1.82) is 0 Å². The second kappa shape index (κ2) is 8.65. The first-order chi connectivity index (χ1) is 11.8. The summed E-state index contributed by atoms with van der Waals surface area (Å²) in [5.74, 6) is 0.966. The fourth-order valence-corrected chi connectivity index (χ4v) is 3.91. The molecule has 2 N–H and O–H groups in total. The van der Waals surface area contributed by atoms with Gasteiger partial charge in [0, 0.05) is 52.1 Å². The highest BCUT2D eigenvalue weighted by Crippen LogP contribution is 2.25. The SMILES string of the molecule is CNC(=O)CN1C[C@H](NC(=O)C2CCN(C(C)=O)CC2)[C@@H](C(C)C)C1. The highest BCUT2D eigenvalue weighted by atomic mass is 16.2. The minimum atomic E-state index is -0.0172. The third-order valence-electron chi connectivity index (χ3n) is 5.58. The summed E-state index contributed by atoms with van der Waals surface area (Å²) in [6, 6.07) is 0.0861. The zero-order valence-electron chi connectivity index (χ0n) is 15.9. The summed E-state index contributed by atoms with van der Waals surface area (Å²) in [6.07, 6.45) is 1.46. The van der Waals surface area contributed by atoms with E-state index in [0.29, 0.717) is 38.0 Å². The predicted molar refractivity (Wildman–Crippen MR) is 95.7 cm³/mol. The lowest BCUT2D eigenvalue weighted by atomic mass is 9.90. The lowest BCUT2D eigenvalue weighted by molar-refractivity contribution is -0.134. The number of carbonyl (C=O) groups excluding carboxylic acids is 3. The minimum absolute atomic E-state index is 0.00564. The Morgan fingerprint density at radius 3 is 2.28 bits per heavy atom. The van der Waals surface area contributed by atoms with Crippen LogP contribution in [0.5, 0.6) is 0 Å². The van der Waals surface area contributed by atoms with Gasteiger partial charge in [0.15, 0.2) is 0 Å². The van der Waals surface area contributed by atoms with Crippen LogP contribution < -0.4 is 10.6 Å². The van der Waals surface area contributed by atoms with Crippen LogP contribution in [-0.2, 0) is 14.4 Å². The monoisotopic (exact) mass is 352 g/mol. The maximum atomic E-state index is 12.7. The smallest absolute Gasteiger partial charge is 0.233 e. The zero-order chi connectivity index (χ0) is 18.6. The van der Waals surface area contributed by atoms with Crippen molar-refractivity contribution in [2.45, 2.75) is 39.7 Å². The molecule has 7 nitrogen and oxygen atoms in total. The average molecular weight is 352 g/mol. The molecule has 0 aromatic carbocycles. The van der Waals surface area contributed by atoms with Gasteiger partial charge in [0.25, 0.3) is 0 Å². The van der Waals surface area contributed by atoms with Crippen molar-refractivity contribution in [2.24, 2.45) is 17.8 Å². The Balaban J connectivity index is 1.89. The van der Waals surface area contributed by atoms with E-state index in [1.54, 1.807) is 18.9 Å². The summed E-state index contributed by atoms with van der Waals surface area (Å²) in [4.78, 5) is 39.6. The van der Waals surface area contributed by atoms with Crippen molar-refractivity contribution in [1.82, 2.24) is 20.4 Å². The van der Waals surface area contributed by atoms with Crippen LogP contribution in [0.25, 0.3) is 0 Å². The molecule has 0 aliphatic carbocycles. The maximum absolute atomic E-state index is 12.7. The van der Waals surface area contributed by atoms with E-state index in [1.165, 1.54) is 0 Å². The number of nitrogens with one attached hydrogen (secondary N) is 2. The number of nitrogens with zero attached hydrogens (tertiary/aromatic N) is 2. The molecule has 0 radical (unpaired) electrons. The summed E-state index contributed by atoms with van der Waals surface area (Å²) in [7, 11) is 1.64. The van der Waals surface area contributed by atoms with Crippen molar-refractivity contribution in [2.75, 3.05) is 39.8 Å². The molecular weight excluding hydrogens is 320 g/mol. The molecule has 2 heterocycles. The molecule has 2 fully saturated rings. The van der Waals surface area contributed by atoms with Crippen LogP contribution in [0.4, 0.5) is 0 Å². The molecule has 0 unspecified atom stereocenters. The van der Waals surface area contributed by atoms with E-state index in [2.05, 4.69) is 29.4 Å². The molecule has 0 bridgehead atoms. The fourth-order valence-electron chi connectivity index (χ4n) is 3.91. The average Bonchev–Trinajstić information content (AvgIpc) is 2.97. The number of likely N-dealkylation sites (N-methyl/N-ethyl adjacent to an activating group) is 1. The molecule has 2 atom stereocenters. The van der Waals surface area contributed by atoms with Gasteiger partial charge in [0.05, 0.1) is 6.54 Å². The van der Waals surface area contributed by atoms with Crippen LogP contribution in [0, 0.1) is 17.8 Å².